The van der Waals surface area contributed by atoms with E-state index in [2.05, 4.69) is 6.07 Å². The maximum atomic E-state index is 9.37. The van der Waals surface area contributed by atoms with Crippen LogP contribution in [-0.4, -0.2) is 0 Å². The van der Waals surface area contributed by atoms with Crippen molar-refractivity contribution in [2.24, 2.45) is 0 Å². The molecule has 0 atom stereocenters. The molecule has 2 rings (SSSR count). The summed E-state index contributed by atoms with van der Waals surface area (Å²) in [5, 5.41) is 10.0. The molecule has 0 aliphatic carbocycles. The predicted molar refractivity (Wildman–Crippen MR) is 85.6 cm³/mol. The number of halogens is 1. The van der Waals surface area contributed by atoms with E-state index in [9.17, 15) is 5.26 Å². The van der Waals surface area contributed by atoms with Crippen molar-refractivity contribution in [3.63, 3.8) is 0 Å². The van der Waals surface area contributed by atoms with E-state index < -0.39 is 5.41 Å². The lowest BCUT2D eigenvalue weighted by Gasteiger charge is -2.21. The van der Waals surface area contributed by atoms with Crippen molar-refractivity contribution in [1.29, 1.82) is 5.26 Å². The molecule has 0 radical (unpaired) electrons. The third-order valence-corrected chi connectivity index (χ3v) is 3.86. The molecule has 0 heterocycles. The minimum absolute atomic E-state index is 0.469. The zero-order valence-electron chi connectivity index (χ0n) is 12.5. The van der Waals surface area contributed by atoms with Crippen molar-refractivity contribution in [3.05, 3.63) is 64.2 Å². The lowest BCUT2D eigenvalue weighted by Crippen LogP contribution is -2.16. The zero-order valence-corrected chi connectivity index (χ0v) is 13.2. The van der Waals surface area contributed by atoms with E-state index in [1.807, 2.05) is 63.2 Å². The molecular formula is C18H18ClNO. The van der Waals surface area contributed by atoms with Gasteiger partial charge in [0.05, 0.1) is 11.5 Å². The Morgan fingerprint density at radius 1 is 1.19 bits per heavy atom. The Morgan fingerprint density at radius 2 is 1.86 bits per heavy atom. The van der Waals surface area contributed by atoms with Gasteiger partial charge < -0.3 is 4.74 Å². The summed E-state index contributed by atoms with van der Waals surface area (Å²) >= 11 is 6.20. The van der Waals surface area contributed by atoms with Gasteiger partial charge in [-0.15, -0.1) is 0 Å². The highest BCUT2D eigenvalue weighted by Gasteiger charge is 2.25. The van der Waals surface area contributed by atoms with E-state index in [0.717, 1.165) is 16.7 Å². The maximum absolute atomic E-state index is 9.37. The van der Waals surface area contributed by atoms with Crippen LogP contribution in [0.5, 0.6) is 5.75 Å². The Hall–Kier alpha value is -1.98. The average Bonchev–Trinajstić information content (AvgIpc) is 2.49. The van der Waals surface area contributed by atoms with Crippen molar-refractivity contribution in [2.45, 2.75) is 32.8 Å². The molecule has 3 heteroatoms. The molecule has 0 spiro atoms. The van der Waals surface area contributed by atoms with Crippen LogP contribution in [0.15, 0.2) is 42.5 Å². The van der Waals surface area contributed by atoms with E-state index in [4.69, 9.17) is 16.3 Å². The Bertz CT molecular complexity index is 672. The first-order valence-corrected chi connectivity index (χ1v) is 7.20. The van der Waals surface area contributed by atoms with Crippen molar-refractivity contribution < 1.29 is 4.74 Å². The molecule has 0 amide bonds. The molecule has 2 nitrogen and oxygen atoms in total. The van der Waals surface area contributed by atoms with Gasteiger partial charge in [0.2, 0.25) is 0 Å². The van der Waals surface area contributed by atoms with Gasteiger partial charge in [-0.2, -0.15) is 5.26 Å². The SMILES string of the molecule is Cc1cc(OCc2ccccc2)c(C(C)(C)C#N)cc1Cl. The van der Waals surface area contributed by atoms with Crippen molar-refractivity contribution in [2.75, 3.05) is 0 Å². The van der Waals surface area contributed by atoms with Gasteiger partial charge >= 0.3 is 0 Å². The standard InChI is InChI=1S/C18H18ClNO/c1-13-9-17(21-11-14-7-5-4-6-8-14)15(10-16(13)19)18(2,3)12-20/h4-10H,11H2,1-3H3. The number of aryl methyl sites for hydroxylation is 1. The van der Waals surface area contributed by atoms with E-state index in [1.165, 1.54) is 0 Å². The van der Waals surface area contributed by atoms with Crippen LogP contribution < -0.4 is 4.74 Å². The molecule has 0 unspecified atom stereocenters. The minimum Gasteiger partial charge on any atom is -0.489 e. The van der Waals surface area contributed by atoms with Crippen LogP contribution in [0.1, 0.15) is 30.5 Å². The number of hydrogen-bond acceptors (Lipinski definition) is 2. The normalized spacial score (nSPS) is 11.0. The van der Waals surface area contributed by atoms with Gasteiger partial charge in [-0.05, 0) is 44.0 Å². The molecule has 0 aromatic heterocycles. The summed E-state index contributed by atoms with van der Waals surface area (Å²) < 4.78 is 5.94. The number of hydrogen-bond donors (Lipinski definition) is 0. The molecule has 0 aliphatic rings. The second-order valence-corrected chi connectivity index (χ2v) is 6.02. The zero-order chi connectivity index (χ0) is 15.5. The summed E-state index contributed by atoms with van der Waals surface area (Å²) in [5.74, 6) is 0.715. The van der Waals surface area contributed by atoms with Crippen LogP contribution in [0.25, 0.3) is 0 Å². The minimum atomic E-state index is -0.649. The summed E-state index contributed by atoms with van der Waals surface area (Å²) in [6.45, 7) is 6.13. The fraction of sp³-hybridized carbons (Fsp3) is 0.278. The second-order valence-electron chi connectivity index (χ2n) is 5.61. The van der Waals surface area contributed by atoms with Crippen molar-refractivity contribution in [1.82, 2.24) is 0 Å². The molecule has 0 saturated carbocycles. The summed E-state index contributed by atoms with van der Waals surface area (Å²) in [4.78, 5) is 0. The van der Waals surface area contributed by atoms with Crippen LogP contribution in [-0.2, 0) is 12.0 Å². The predicted octanol–water partition coefficient (Wildman–Crippen LogP) is 5.03. The molecule has 2 aromatic carbocycles. The number of benzene rings is 2. The fourth-order valence-electron chi connectivity index (χ4n) is 2.06. The highest BCUT2D eigenvalue weighted by Crippen LogP contribution is 2.35. The quantitative estimate of drug-likeness (QED) is 0.793. The first-order chi connectivity index (χ1) is 9.94. The van der Waals surface area contributed by atoms with Crippen LogP contribution in [0.2, 0.25) is 5.02 Å². The van der Waals surface area contributed by atoms with Gasteiger partial charge in [-0.25, -0.2) is 0 Å². The van der Waals surface area contributed by atoms with Crippen LogP contribution >= 0.6 is 11.6 Å². The Balaban J connectivity index is 2.34. The van der Waals surface area contributed by atoms with E-state index in [-0.39, 0.29) is 0 Å². The Kier molecular flexibility index (Phi) is 4.55. The lowest BCUT2D eigenvalue weighted by atomic mass is 9.85. The third kappa shape index (κ3) is 3.56. The van der Waals surface area contributed by atoms with Crippen molar-refractivity contribution >= 4 is 11.6 Å². The van der Waals surface area contributed by atoms with E-state index >= 15 is 0 Å². The number of rotatable bonds is 4. The highest BCUT2D eigenvalue weighted by molar-refractivity contribution is 6.31. The molecule has 108 valence electrons. The van der Waals surface area contributed by atoms with Crippen LogP contribution in [0.3, 0.4) is 0 Å². The Morgan fingerprint density at radius 3 is 2.48 bits per heavy atom. The molecule has 2 aromatic rings. The first kappa shape index (κ1) is 15.4. The number of ether oxygens (including phenoxy) is 1. The maximum Gasteiger partial charge on any atom is 0.124 e. The summed E-state index contributed by atoms with van der Waals surface area (Å²) in [6.07, 6.45) is 0. The smallest absolute Gasteiger partial charge is 0.124 e. The molecule has 0 saturated heterocycles. The fourth-order valence-corrected chi connectivity index (χ4v) is 2.22. The summed E-state index contributed by atoms with van der Waals surface area (Å²) in [7, 11) is 0. The number of nitriles is 1. The molecule has 0 aliphatic heterocycles. The van der Waals surface area contributed by atoms with Crippen LogP contribution in [0.4, 0.5) is 0 Å². The average molecular weight is 300 g/mol. The van der Waals surface area contributed by atoms with Gasteiger partial charge in [0.15, 0.2) is 0 Å². The molecular weight excluding hydrogens is 282 g/mol. The first-order valence-electron chi connectivity index (χ1n) is 6.82. The van der Waals surface area contributed by atoms with Crippen molar-refractivity contribution in [3.8, 4) is 11.8 Å². The summed E-state index contributed by atoms with van der Waals surface area (Å²) in [5.41, 5.74) is 2.20. The topological polar surface area (TPSA) is 33.0 Å². The molecule has 21 heavy (non-hydrogen) atoms. The monoisotopic (exact) mass is 299 g/mol. The van der Waals surface area contributed by atoms with E-state index in [1.54, 1.807) is 0 Å². The van der Waals surface area contributed by atoms with Gasteiger partial charge in [0.1, 0.15) is 12.4 Å². The molecule has 0 fully saturated rings. The van der Waals surface area contributed by atoms with Gasteiger partial charge in [0, 0.05) is 10.6 Å². The number of nitrogens with zero attached hydrogens (tertiary/aromatic N) is 1. The Labute approximate surface area is 130 Å². The highest BCUT2D eigenvalue weighted by atomic mass is 35.5. The summed E-state index contributed by atoms with van der Waals surface area (Å²) in [6, 6.07) is 16.0. The lowest BCUT2D eigenvalue weighted by molar-refractivity contribution is 0.299. The second kappa shape index (κ2) is 6.20. The van der Waals surface area contributed by atoms with Gasteiger partial charge in [0.25, 0.3) is 0 Å². The van der Waals surface area contributed by atoms with Gasteiger partial charge in [-0.3, -0.25) is 0 Å². The van der Waals surface area contributed by atoms with Gasteiger partial charge in [-0.1, -0.05) is 41.9 Å². The largest absolute Gasteiger partial charge is 0.489 e. The molecule has 0 N–H and O–H groups in total. The van der Waals surface area contributed by atoms with Crippen LogP contribution in [0, 0.1) is 18.3 Å². The third-order valence-electron chi connectivity index (χ3n) is 3.45. The van der Waals surface area contributed by atoms with E-state index in [0.29, 0.717) is 17.4 Å². The molecule has 0 bridgehead atoms.